The molecule has 2 heterocycles. The Morgan fingerprint density at radius 2 is 2.26 bits per heavy atom. The number of benzene rings is 1. The molecule has 1 atom stereocenters. The van der Waals surface area contributed by atoms with Gasteiger partial charge in [0.25, 0.3) is 0 Å². The van der Waals surface area contributed by atoms with E-state index >= 15 is 0 Å². The smallest absolute Gasteiger partial charge is 0.0971 e. The summed E-state index contributed by atoms with van der Waals surface area (Å²) in [6, 6.07) is 5.33. The van der Waals surface area contributed by atoms with Crippen molar-refractivity contribution < 1.29 is 4.74 Å². The van der Waals surface area contributed by atoms with Crippen LogP contribution in [0.15, 0.2) is 24.4 Å². The SMILES string of the molecule is CN(Cc1cn(-c2ccc(Cl)cc2Cl)nn1)CC1CCCOC1. The number of rotatable bonds is 5. The van der Waals surface area contributed by atoms with Gasteiger partial charge in [-0.1, -0.05) is 28.4 Å². The molecule has 23 heavy (non-hydrogen) atoms. The zero-order valence-corrected chi connectivity index (χ0v) is 14.6. The maximum Gasteiger partial charge on any atom is 0.0971 e. The van der Waals surface area contributed by atoms with Gasteiger partial charge in [-0.25, -0.2) is 4.68 Å². The van der Waals surface area contributed by atoms with Crippen molar-refractivity contribution in [2.45, 2.75) is 19.4 Å². The number of hydrogen-bond donors (Lipinski definition) is 0. The van der Waals surface area contributed by atoms with Crippen LogP contribution in [0.1, 0.15) is 18.5 Å². The molecule has 0 spiro atoms. The van der Waals surface area contributed by atoms with E-state index in [0.29, 0.717) is 16.0 Å². The second-order valence-electron chi connectivity index (χ2n) is 6.03. The van der Waals surface area contributed by atoms with Crippen molar-refractivity contribution in [3.8, 4) is 5.69 Å². The van der Waals surface area contributed by atoms with E-state index < -0.39 is 0 Å². The monoisotopic (exact) mass is 354 g/mol. The minimum Gasteiger partial charge on any atom is -0.381 e. The molecule has 0 aliphatic carbocycles. The Hall–Kier alpha value is -1.14. The van der Waals surface area contributed by atoms with E-state index in [1.54, 1.807) is 16.8 Å². The summed E-state index contributed by atoms with van der Waals surface area (Å²) in [5.41, 5.74) is 1.69. The average molecular weight is 355 g/mol. The molecule has 1 aromatic heterocycles. The molecule has 1 aromatic carbocycles. The summed E-state index contributed by atoms with van der Waals surface area (Å²) < 4.78 is 7.22. The molecule has 1 aliphatic rings. The maximum absolute atomic E-state index is 6.21. The average Bonchev–Trinajstić information content (AvgIpc) is 2.96. The van der Waals surface area contributed by atoms with Crippen molar-refractivity contribution in [3.63, 3.8) is 0 Å². The first-order chi connectivity index (χ1) is 11.1. The van der Waals surface area contributed by atoms with Crippen molar-refractivity contribution in [2.75, 3.05) is 26.8 Å². The molecule has 0 radical (unpaired) electrons. The minimum absolute atomic E-state index is 0.557. The fraction of sp³-hybridized carbons (Fsp3) is 0.500. The van der Waals surface area contributed by atoms with Crippen LogP contribution in [0.2, 0.25) is 10.0 Å². The van der Waals surface area contributed by atoms with Crippen molar-refractivity contribution >= 4 is 23.2 Å². The summed E-state index contributed by atoms with van der Waals surface area (Å²) in [5.74, 6) is 0.606. The van der Waals surface area contributed by atoms with Gasteiger partial charge >= 0.3 is 0 Å². The van der Waals surface area contributed by atoms with Gasteiger partial charge < -0.3 is 9.64 Å². The third kappa shape index (κ3) is 4.44. The fourth-order valence-corrected chi connectivity index (χ4v) is 3.38. The van der Waals surface area contributed by atoms with Crippen LogP contribution in [0.3, 0.4) is 0 Å². The lowest BCUT2D eigenvalue weighted by Crippen LogP contribution is -2.30. The van der Waals surface area contributed by atoms with E-state index in [1.807, 2.05) is 12.3 Å². The highest BCUT2D eigenvalue weighted by atomic mass is 35.5. The molecule has 0 amide bonds. The summed E-state index contributed by atoms with van der Waals surface area (Å²) in [6.07, 6.45) is 4.30. The summed E-state index contributed by atoms with van der Waals surface area (Å²) >= 11 is 12.1. The third-order valence-corrected chi connectivity index (χ3v) is 4.49. The Bertz CT molecular complexity index is 655. The van der Waals surface area contributed by atoms with Crippen molar-refractivity contribution in [1.82, 2.24) is 19.9 Å². The molecule has 1 aliphatic heterocycles. The summed E-state index contributed by atoms with van der Waals surface area (Å²) in [5, 5.41) is 9.56. The molecule has 1 fully saturated rings. The molecular weight excluding hydrogens is 335 g/mol. The van der Waals surface area contributed by atoms with E-state index in [4.69, 9.17) is 27.9 Å². The quantitative estimate of drug-likeness (QED) is 0.824. The molecule has 0 bridgehead atoms. The Balaban J connectivity index is 1.62. The maximum atomic E-state index is 6.21. The Morgan fingerprint density at radius 1 is 1.39 bits per heavy atom. The molecule has 5 nitrogen and oxygen atoms in total. The molecule has 3 rings (SSSR count). The Morgan fingerprint density at radius 3 is 3.00 bits per heavy atom. The van der Waals surface area contributed by atoms with Crippen molar-refractivity contribution in [2.24, 2.45) is 5.92 Å². The number of aromatic nitrogens is 3. The number of halogens is 2. The van der Waals surface area contributed by atoms with Gasteiger partial charge in [0.15, 0.2) is 0 Å². The normalized spacial score (nSPS) is 18.5. The lowest BCUT2D eigenvalue weighted by molar-refractivity contribution is 0.0410. The van der Waals surface area contributed by atoms with Gasteiger partial charge in [-0.2, -0.15) is 0 Å². The highest BCUT2D eigenvalue weighted by molar-refractivity contribution is 6.35. The molecule has 0 N–H and O–H groups in total. The van der Waals surface area contributed by atoms with Crippen LogP contribution >= 0.6 is 23.2 Å². The van der Waals surface area contributed by atoms with Crippen LogP contribution in [-0.2, 0) is 11.3 Å². The lowest BCUT2D eigenvalue weighted by Gasteiger charge is -2.26. The van der Waals surface area contributed by atoms with E-state index in [2.05, 4.69) is 22.3 Å². The zero-order valence-electron chi connectivity index (χ0n) is 13.1. The largest absolute Gasteiger partial charge is 0.381 e. The molecule has 124 valence electrons. The van der Waals surface area contributed by atoms with E-state index in [-0.39, 0.29) is 0 Å². The van der Waals surface area contributed by atoms with Gasteiger partial charge in [0.2, 0.25) is 0 Å². The zero-order chi connectivity index (χ0) is 16.2. The molecule has 1 unspecified atom stereocenters. The highest BCUT2D eigenvalue weighted by Gasteiger charge is 2.17. The van der Waals surface area contributed by atoms with Crippen LogP contribution in [0.25, 0.3) is 5.69 Å². The molecule has 1 saturated heterocycles. The van der Waals surface area contributed by atoms with Crippen LogP contribution in [0.5, 0.6) is 0 Å². The number of hydrogen-bond acceptors (Lipinski definition) is 4. The molecule has 2 aromatic rings. The van der Waals surface area contributed by atoms with Gasteiger partial charge in [0, 0.05) is 24.7 Å². The van der Waals surface area contributed by atoms with Gasteiger partial charge in [-0.05, 0) is 44.0 Å². The van der Waals surface area contributed by atoms with E-state index in [0.717, 1.165) is 44.1 Å². The van der Waals surface area contributed by atoms with Crippen LogP contribution < -0.4 is 0 Å². The number of ether oxygens (including phenoxy) is 1. The standard InChI is InChI=1S/C16H20Cl2N4O/c1-21(8-12-3-2-6-23-11-12)9-14-10-22(20-19-14)16-5-4-13(17)7-15(16)18/h4-5,7,10,12H,2-3,6,8-9,11H2,1H3. The Labute approximate surface area is 146 Å². The molecular formula is C16H20Cl2N4O. The second kappa shape index (κ2) is 7.62. The lowest BCUT2D eigenvalue weighted by atomic mass is 10.0. The number of nitrogens with zero attached hydrogens (tertiary/aromatic N) is 4. The van der Waals surface area contributed by atoms with Gasteiger partial charge in [0.05, 0.1) is 29.2 Å². The van der Waals surface area contributed by atoms with E-state index in [9.17, 15) is 0 Å². The first-order valence-electron chi connectivity index (χ1n) is 7.75. The van der Waals surface area contributed by atoms with Crippen molar-refractivity contribution in [1.29, 1.82) is 0 Å². The topological polar surface area (TPSA) is 43.2 Å². The summed E-state index contributed by atoms with van der Waals surface area (Å²) in [4.78, 5) is 2.26. The fourth-order valence-electron chi connectivity index (χ4n) is 2.89. The molecule has 0 saturated carbocycles. The summed E-state index contributed by atoms with van der Waals surface area (Å²) in [7, 11) is 2.10. The van der Waals surface area contributed by atoms with Gasteiger partial charge in [0.1, 0.15) is 0 Å². The van der Waals surface area contributed by atoms with Gasteiger partial charge in [-0.15, -0.1) is 5.10 Å². The van der Waals surface area contributed by atoms with Crippen LogP contribution in [0.4, 0.5) is 0 Å². The van der Waals surface area contributed by atoms with Gasteiger partial charge in [-0.3, -0.25) is 0 Å². The third-order valence-electron chi connectivity index (χ3n) is 3.95. The van der Waals surface area contributed by atoms with Crippen molar-refractivity contribution in [3.05, 3.63) is 40.1 Å². The van der Waals surface area contributed by atoms with Crippen LogP contribution in [0, 0.1) is 5.92 Å². The predicted octanol–water partition coefficient (Wildman–Crippen LogP) is 3.43. The summed E-state index contributed by atoms with van der Waals surface area (Å²) in [6.45, 7) is 3.52. The first-order valence-corrected chi connectivity index (χ1v) is 8.50. The second-order valence-corrected chi connectivity index (χ2v) is 6.87. The minimum atomic E-state index is 0.557. The highest BCUT2D eigenvalue weighted by Crippen LogP contribution is 2.24. The Kier molecular flexibility index (Phi) is 5.54. The first kappa shape index (κ1) is 16.7. The molecule has 7 heteroatoms. The van der Waals surface area contributed by atoms with E-state index in [1.165, 1.54) is 6.42 Å². The van der Waals surface area contributed by atoms with Crippen LogP contribution in [-0.4, -0.2) is 46.7 Å². The predicted molar refractivity (Wildman–Crippen MR) is 91.3 cm³/mol.